The van der Waals surface area contributed by atoms with Gasteiger partial charge in [-0.1, -0.05) is 24.3 Å². The number of benzene rings is 3. The Morgan fingerprint density at radius 1 is 0.735 bits per heavy atom. The second-order valence-electron chi connectivity index (χ2n) is 7.81. The van der Waals surface area contributed by atoms with Crippen LogP contribution in [0.1, 0.15) is 41.4 Å². The summed E-state index contributed by atoms with van der Waals surface area (Å²) in [5.41, 5.74) is 2.04. The molecule has 0 radical (unpaired) electrons. The minimum absolute atomic E-state index is 0.0332. The van der Waals surface area contributed by atoms with Crippen molar-refractivity contribution in [3.05, 3.63) is 89.5 Å². The van der Waals surface area contributed by atoms with E-state index in [0.717, 1.165) is 11.1 Å². The first kappa shape index (κ1) is 24.6. The van der Waals surface area contributed by atoms with Crippen molar-refractivity contribution in [2.45, 2.75) is 26.0 Å². The molecule has 0 unspecified atom stereocenters. The van der Waals surface area contributed by atoms with Crippen molar-refractivity contribution in [2.75, 3.05) is 20.8 Å². The fourth-order valence-electron chi connectivity index (χ4n) is 3.31. The van der Waals surface area contributed by atoms with E-state index in [1.165, 1.54) is 0 Å². The zero-order chi connectivity index (χ0) is 24.5. The highest BCUT2D eigenvalue weighted by Gasteiger charge is 2.19. The minimum atomic E-state index is -0.586. The molecule has 34 heavy (non-hydrogen) atoms. The van der Waals surface area contributed by atoms with Crippen LogP contribution in [0.25, 0.3) is 0 Å². The average molecular weight is 464 g/mol. The van der Waals surface area contributed by atoms with Gasteiger partial charge in [-0.2, -0.15) is 0 Å². The van der Waals surface area contributed by atoms with Crippen LogP contribution in [0.4, 0.5) is 0 Å². The molecule has 7 nitrogen and oxygen atoms in total. The zero-order valence-corrected chi connectivity index (χ0v) is 19.7. The molecule has 0 fully saturated rings. The maximum atomic E-state index is 12.7. The molecule has 0 aliphatic carbocycles. The molecule has 0 saturated heterocycles. The van der Waals surface area contributed by atoms with E-state index in [2.05, 4.69) is 5.32 Å². The van der Waals surface area contributed by atoms with E-state index in [-0.39, 0.29) is 6.10 Å². The van der Waals surface area contributed by atoms with Crippen LogP contribution in [-0.2, 0) is 9.53 Å². The number of methoxy groups -OCH3 is 2. The second-order valence-corrected chi connectivity index (χ2v) is 7.81. The molecule has 3 aromatic carbocycles. The molecule has 0 aromatic heterocycles. The van der Waals surface area contributed by atoms with Crippen LogP contribution in [0.15, 0.2) is 72.8 Å². The number of nitrogens with one attached hydrogen (secondary N) is 1. The molecule has 0 spiro atoms. The van der Waals surface area contributed by atoms with Gasteiger partial charge in [-0.3, -0.25) is 4.79 Å². The van der Waals surface area contributed by atoms with Crippen molar-refractivity contribution < 1.29 is 28.5 Å². The maximum Gasteiger partial charge on any atom is 0.338 e. The molecule has 3 rings (SSSR count). The van der Waals surface area contributed by atoms with Crippen molar-refractivity contribution in [1.82, 2.24) is 5.32 Å². The van der Waals surface area contributed by atoms with E-state index >= 15 is 0 Å². The summed E-state index contributed by atoms with van der Waals surface area (Å²) in [6.45, 7) is 3.43. The van der Waals surface area contributed by atoms with Crippen molar-refractivity contribution in [3.8, 4) is 17.2 Å². The summed E-state index contributed by atoms with van der Waals surface area (Å²) in [7, 11) is 3.19. The normalized spacial score (nSPS) is 10.6. The first-order valence-corrected chi connectivity index (χ1v) is 10.9. The van der Waals surface area contributed by atoms with Gasteiger partial charge in [0.2, 0.25) is 0 Å². The number of ether oxygens (including phenoxy) is 4. The third-order valence-corrected chi connectivity index (χ3v) is 5.00. The Bertz CT molecular complexity index is 1030. The number of carbonyl (C=O) groups is 2. The number of carbonyl (C=O) groups excluding carboxylic acids is 2. The van der Waals surface area contributed by atoms with E-state index in [0.29, 0.717) is 22.8 Å². The highest BCUT2D eigenvalue weighted by molar-refractivity contribution is 5.91. The lowest BCUT2D eigenvalue weighted by atomic mass is 9.98. The second kappa shape index (κ2) is 11.7. The fourth-order valence-corrected chi connectivity index (χ4v) is 3.31. The van der Waals surface area contributed by atoms with Gasteiger partial charge >= 0.3 is 5.97 Å². The van der Waals surface area contributed by atoms with E-state index in [9.17, 15) is 9.59 Å². The Balaban J connectivity index is 1.67. The Morgan fingerprint density at radius 2 is 1.21 bits per heavy atom. The molecule has 0 saturated carbocycles. The van der Waals surface area contributed by atoms with Gasteiger partial charge in [-0.15, -0.1) is 0 Å². The van der Waals surface area contributed by atoms with E-state index in [4.69, 9.17) is 18.9 Å². The predicted molar refractivity (Wildman–Crippen MR) is 128 cm³/mol. The number of hydrogen-bond acceptors (Lipinski definition) is 6. The van der Waals surface area contributed by atoms with Gasteiger partial charge in [0.1, 0.15) is 17.2 Å². The van der Waals surface area contributed by atoms with E-state index in [1.807, 2.05) is 62.4 Å². The van der Waals surface area contributed by atoms with Crippen LogP contribution in [0.3, 0.4) is 0 Å². The van der Waals surface area contributed by atoms with Gasteiger partial charge in [0.15, 0.2) is 6.61 Å². The molecule has 1 amide bonds. The Kier molecular flexibility index (Phi) is 8.51. The monoisotopic (exact) mass is 463 g/mol. The van der Waals surface area contributed by atoms with Crippen LogP contribution < -0.4 is 19.5 Å². The third-order valence-electron chi connectivity index (χ3n) is 5.00. The maximum absolute atomic E-state index is 12.7. The summed E-state index contributed by atoms with van der Waals surface area (Å²) in [6, 6.07) is 21.0. The summed E-state index contributed by atoms with van der Waals surface area (Å²) >= 11 is 0. The molecule has 7 heteroatoms. The first-order chi connectivity index (χ1) is 16.4. The Hall–Kier alpha value is -4.00. The molecule has 0 aliphatic heterocycles. The molecule has 0 atom stereocenters. The lowest BCUT2D eigenvalue weighted by Crippen LogP contribution is -2.33. The van der Waals surface area contributed by atoms with Gasteiger partial charge in [-0.05, 0) is 73.5 Å². The SMILES string of the molecule is COc1ccc(C(NC(=O)COC(=O)c2ccc(OC(C)C)cc2)c2ccc(OC)cc2)cc1. The van der Waals surface area contributed by atoms with Crippen molar-refractivity contribution in [2.24, 2.45) is 0 Å². The van der Waals surface area contributed by atoms with Gasteiger partial charge in [-0.25, -0.2) is 4.79 Å². The molecule has 3 aromatic rings. The van der Waals surface area contributed by atoms with Crippen molar-refractivity contribution in [3.63, 3.8) is 0 Å². The largest absolute Gasteiger partial charge is 0.497 e. The van der Waals surface area contributed by atoms with Gasteiger partial charge < -0.3 is 24.3 Å². The summed E-state index contributed by atoms with van der Waals surface area (Å²) < 4.78 is 21.3. The van der Waals surface area contributed by atoms with Crippen LogP contribution in [0.2, 0.25) is 0 Å². The summed E-state index contributed by atoms with van der Waals surface area (Å²) in [5, 5.41) is 2.94. The van der Waals surface area contributed by atoms with Gasteiger partial charge in [0.25, 0.3) is 5.91 Å². The molecular weight excluding hydrogens is 434 g/mol. The van der Waals surface area contributed by atoms with Crippen LogP contribution >= 0.6 is 0 Å². The number of amides is 1. The Morgan fingerprint density at radius 3 is 1.65 bits per heavy atom. The standard InChI is InChI=1S/C27H29NO6/c1-18(2)34-24-15-9-21(10-16-24)27(30)33-17-25(29)28-26(19-5-11-22(31-3)12-6-19)20-7-13-23(32-4)14-8-20/h5-16,18,26H,17H2,1-4H3,(H,28,29). The minimum Gasteiger partial charge on any atom is -0.497 e. The molecule has 0 aliphatic rings. The molecule has 1 N–H and O–H groups in total. The highest BCUT2D eigenvalue weighted by Crippen LogP contribution is 2.26. The lowest BCUT2D eigenvalue weighted by molar-refractivity contribution is -0.124. The quantitative estimate of drug-likeness (QED) is 0.444. The zero-order valence-electron chi connectivity index (χ0n) is 19.7. The number of esters is 1. The lowest BCUT2D eigenvalue weighted by Gasteiger charge is -2.20. The van der Waals surface area contributed by atoms with Gasteiger partial charge in [0, 0.05) is 0 Å². The number of hydrogen-bond donors (Lipinski definition) is 1. The molecule has 0 bridgehead atoms. The molecule has 0 heterocycles. The average Bonchev–Trinajstić information content (AvgIpc) is 2.86. The van der Waals surface area contributed by atoms with Crippen LogP contribution in [0.5, 0.6) is 17.2 Å². The van der Waals surface area contributed by atoms with Crippen molar-refractivity contribution >= 4 is 11.9 Å². The third kappa shape index (κ3) is 6.75. The van der Waals surface area contributed by atoms with E-state index < -0.39 is 24.5 Å². The van der Waals surface area contributed by atoms with E-state index in [1.54, 1.807) is 38.5 Å². The van der Waals surface area contributed by atoms with Crippen LogP contribution in [0, 0.1) is 0 Å². The Labute approximate surface area is 199 Å². The van der Waals surface area contributed by atoms with Crippen molar-refractivity contribution in [1.29, 1.82) is 0 Å². The molecule has 178 valence electrons. The summed E-state index contributed by atoms with van der Waals surface area (Å²) in [4.78, 5) is 25.1. The first-order valence-electron chi connectivity index (χ1n) is 10.9. The van der Waals surface area contributed by atoms with Crippen LogP contribution in [-0.4, -0.2) is 38.8 Å². The molecular formula is C27H29NO6. The predicted octanol–water partition coefficient (Wildman–Crippen LogP) is 4.55. The topological polar surface area (TPSA) is 83.1 Å². The smallest absolute Gasteiger partial charge is 0.338 e. The summed E-state index contributed by atoms with van der Waals surface area (Å²) in [5.74, 6) is 1.07. The fraction of sp³-hybridized carbons (Fsp3) is 0.259. The number of rotatable bonds is 10. The highest BCUT2D eigenvalue weighted by atomic mass is 16.5. The summed E-state index contributed by atoms with van der Waals surface area (Å²) in [6.07, 6.45) is 0.0332. The van der Waals surface area contributed by atoms with Gasteiger partial charge in [0.05, 0.1) is 31.9 Å².